The zero-order valence-corrected chi connectivity index (χ0v) is 5.98. The van der Waals surface area contributed by atoms with E-state index >= 15 is 0 Å². The Labute approximate surface area is 62.0 Å². The number of aliphatic carboxylic acids is 1. The summed E-state index contributed by atoms with van der Waals surface area (Å²) in [4.78, 5) is 9.86. The van der Waals surface area contributed by atoms with Crippen LogP contribution in [0.5, 0.6) is 0 Å². The van der Waals surface area contributed by atoms with E-state index in [0.29, 0.717) is 0 Å². The van der Waals surface area contributed by atoms with E-state index in [9.17, 15) is 18.0 Å². The molecule has 0 aliphatic heterocycles. The van der Waals surface area contributed by atoms with Crippen molar-refractivity contribution in [2.24, 2.45) is 5.92 Å². The summed E-state index contributed by atoms with van der Waals surface area (Å²) in [5.41, 5.74) is 0. The summed E-state index contributed by atoms with van der Waals surface area (Å²) in [5.74, 6) is -2.72. The van der Waals surface area contributed by atoms with Crippen molar-refractivity contribution in [3.05, 3.63) is 0 Å². The highest BCUT2D eigenvalue weighted by Crippen LogP contribution is 2.28. The number of rotatable bonds is 3. The van der Waals surface area contributed by atoms with Gasteiger partial charge in [0.2, 0.25) is 0 Å². The molecule has 0 heterocycles. The lowest BCUT2D eigenvalue weighted by Crippen LogP contribution is -2.20. The minimum absolute atomic E-state index is 0.348. The normalized spacial score (nSPS) is 14.5. The smallest absolute Gasteiger partial charge is 0.391 e. The van der Waals surface area contributed by atoms with Crippen LogP contribution >= 0.6 is 0 Å². The summed E-state index contributed by atoms with van der Waals surface area (Å²) in [6, 6.07) is 0. The maximum atomic E-state index is 11.7. The molecule has 0 fully saturated rings. The summed E-state index contributed by atoms with van der Waals surface area (Å²) in [7, 11) is 0. The van der Waals surface area contributed by atoms with Crippen molar-refractivity contribution >= 4 is 5.97 Å². The summed E-state index contributed by atoms with van der Waals surface area (Å²) < 4.78 is 35.1. The van der Waals surface area contributed by atoms with Gasteiger partial charge in [0.15, 0.2) is 0 Å². The average Bonchev–Trinajstić information content (AvgIpc) is 1.80. The molecule has 0 aliphatic rings. The molecule has 0 spiro atoms. The molecule has 66 valence electrons. The molecule has 11 heavy (non-hydrogen) atoms. The molecular weight excluding hydrogens is 161 g/mol. The molecule has 1 atom stereocenters. The molecule has 0 saturated carbocycles. The van der Waals surface area contributed by atoms with Crippen molar-refractivity contribution in [1.82, 2.24) is 0 Å². The van der Waals surface area contributed by atoms with Gasteiger partial charge in [0.1, 0.15) is 0 Å². The van der Waals surface area contributed by atoms with Gasteiger partial charge in [-0.1, -0.05) is 6.92 Å². The summed E-state index contributed by atoms with van der Waals surface area (Å²) >= 11 is 0. The number of carboxylic acids is 1. The first-order valence-corrected chi connectivity index (χ1v) is 3.12. The lowest BCUT2D eigenvalue weighted by molar-refractivity contribution is -0.172. The van der Waals surface area contributed by atoms with E-state index in [4.69, 9.17) is 5.11 Å². The number of carboxylic acid groups (broad SMARTS) is 1. The predicted molar refractivity (Wildman–Crippen MR) is 32.1 cm³/mol. The van der Waals surface area contributed by atoms with E-state index in [-0.39, 0.29) is 6.42 Å². The quantitative estimate of drug-likeness (QED) is 0.703. The second-order valence-electron chi connectivity index (χ2n) is 2.38. The molecule has 0 aromatic heterocycles. The third-order valence-corrected chi connectivity index (χ3v) is 1.35. The van der Waals surface area contributed by atoms with Crippen molar-refractivity contribution in [2.75, 3.05) is 0 Å². The third kappa shape index (κ3) is 4.64. The van der Waals surface area contributed by atoms with Gasteiger partial charge in [-0.15, -0.1) is 0 Å². The van der Waals surface area contributed by atoms with E-state index in [2.05, 4.69) is 0 Å². The Morgan fingerprint density at radius 3 is 2.27 bits per heavy atom. The van der Waals surface area contributed by atoms with E-state index < -0.39 is 24.5 Å². The fourth-order valence-corrected chi connectivity index (χ4v) is 0.504. The maximum Gasteiger partial charge on any atom is 0.391 e. The van der Waals surface area contributed by atoms with Crippen molar-refractivity contribution in [3.8, 4) is 0 Å². The molecule has 0 amide bonds. The Hall–Kier alpha value is -0.740. The minimum atomic E-state index is -4.27. The molecule has 0 rings (SSSR count). The van der Waals surface area contributed by atoms with Crippen molar-refractivity contribution < 1.29 is 23.1 Å². The van der Waals surface area contributed by atoms with Crippen LogP contribution < -0.4 is 0 Å². The first-order valence-electron chi connectivity index (χ1n) is 3.12. The number of hydrogen-bond donors (Lipinski definition) is 1. The lowest BCUT2D eigenvalue weighted by atomic mass is 10.1. The summed E-state index contributed by atoms with van der Waals surface area (Å²) in [6.07, 6.45) is -5.05. The van der Waals surface area contributed by atoms with E-state index in [1.807, 2.05) is 0 Å². The Kier molecular flexibility index (Phi) is 3.35. The fourth-order valence-electron chi connectivity index (χ4n) is 0.504. The first-order chi connectivity index (χ1) is 4.84. The molecule has 0 saturated heterocycles. The zero-order chi connectivity index (χ0) is 9.07. The standard InChI is InChI=1S/C6H9F3O2/c1-4(6(7,8)9)2-3-5(10)11/h4H,2-3H2,1H3,(H,10,11)/t4-/m1/s1. The highest BCUT2D eigenvalue weighted by atomic mass is 19.4. The number of hydrogen-bond acceptors (Lipinski definition) is 1. The van der Waals surface area contributed by atoms with E-state index in [0.717, 1.165) is 6.92 Å². The van der Waals surface area contributed by atoms with Crippen molar-refractivity contribution in [2.45, 2.75) is 25.9 Å². The predicted octanol–water partition coefficient (Wildman–Crippen LogP) is 2.05. The summed E-state index contributed by atoms with van der Waals surface area (Å²) in [5, 5.41) is 8.06. The molecule has 0 aliphatic carbocycles. The number of halogens is 3. The number of carbonyl (C=O) groups is 1. The SMILES string of the molecule is C[C@H](CCC(=O)O)C(F)(F)F. The number of alkyl halides is 3. The molecule has 5 heteroatoms. The molecule has 1 N–H and O–H groups in total. The monoisotopic (exact) mass is 170 g/mol. The van der Waals surface area contributed by atoms with Crippen LogP contribution in [0.15, 0.2) is 0 Å². The van der Waals surface area contributed by atoms with E-state index in [1.165, 1.54) is 0 Å². The Bertz CT molecular complexity index is 141. The van der Waals surface area contributed by atoms with Crippen LogP contribution in [0, 0.1) is 5.92 Å². The second-order valence-corrected chi connectivity index (χ2v) is 2.38. The van der Waals surface area contributed by atoms with Gasteiger partial charge < -0.3 is 5.11 Å². The maximum absolute atomic E-state index is 11.7. The highest BCUT2D eigenvalue weighted by molar-refractivity contribution is 5.66. The lowest BCUT2D eigenvalue weighted by Gasteiger charge is -2.13. The summed E-state index contributed by atoms with van der Waals surface area (Å²) in [6.45, 7) is 0.975. The van der Waals surface area contributed by atoms with Gasteiger partial charge >= 0.3 is 12.1 Å². The van der Waals surface area contributed by atoms with Gasteiger partial charge in [0.25, 0.3) is 0 Å². The molecule has 0 bridgehead atoms. The first kappa shape index (κ1) is 10.3. The topological polar surface area (TPSA) is 37.3 Å². The molecule has 0 unspecified atom stereocenters. The molecule has 0 aromatic rings. The molecule has 0 aromatic carbocycles. The Balaban J connectivity index is 3.70. The Morgan fingerprint density at radius 1 is 1.55 bits per heavy atom. The van der Waals surface area contributed by atoms with Crippen LogP contribution in [0.1, 0.15) is 19.8 Å². The van der Waals surface area contributed by atoms with Gasteiger partial charge in [-0.25, -0.2) is 0 Å². The largest absolute Gasteiger partial charge is 0.481 e. The van der Waals surface area contributed by atoms with Gasteiger partial charge in [0, 0.05) is 6.42 Å². The van der Waals surface area contributed by atoms with Gasteiger partial charge in [0.05, 0.1) is 5.92 Å². The molecule has 2 nitrogen and oxygen atoms in total. The van der Waals surface area contributed by atoms with Crippen LogP contribution in [-0.4, -0.2) is 17.3 Å². The van der Waals surface area contributed by atoms with Crippen LogP contribution in [0.2, 0.25) is 0 Å². The van der Waals surface area contributed by atoms with Crippen LogP contribution in [0.25, 0.3) is 0 Å². The second kappa shape index (κ2) is 3.59. The fraction of sp³-hybridized carbons (Fsp3) is 0.833. The van der Waals surface area contributed by atoms with Crippen LogP contribution in [0.3, 0.4) is 0 Å². The van der Waals surface area contributed by atoms with Gasteiger partial charge in [-0.3, -0.25) is 4.79 Å². The van der Waals surface area contributed by atoms with Crippen molar-refractivity contribution in [3.63, 3.8) is 0 Å². The molecule has 0 radical (unpaired) electrons. The van der Waals surface area contributed by atoms with Gasteiger partial charge in [-0.2, -0.15) is 13.2 Å². The Morgan fingerprint density at radius 2 is 2.00 bits per heavy atom. The zero-order valence-electron chi connectivity index (χ0n) is 5.98. The minimum Gasteiger partial charge on any atom is -0.481 e. The van der Waals surface area contributed by atoms with Crippen molar-refractivity contribution in [1.29, 1.82) is 0 Å². The average molecular weight is 170 g/mol. The van der Waals surface area contributed by atoms with E-state index in [1.54, 1.807) is 0 Å². The highest BCUT2D eigenvalue weighted by Gasteiger charge is 2.35. The van der Waals surface area contributed by atoms with Crippen LogP contribution in [-0.2, 0) is 4.79 Å². The van der Waals surface area contributed by atoms with Gasteiger partial charge in [-0.05, 0) is 6.42 Å². The molecular formula is C6H9F3O2. The van der Waals surface area contributed by atoms with Crippen LogP contribution in [0.4, 0.5) is 13.2 Å². The third-order valence-electron chi connectivity index (χ3n) is 1.35.